The monoisotopic (exact) mass is 219 g/mol. The molecule has 0 saturated heterocycles. The van der Waals surface area contributed by atoms with Crippen LogP contribution in [0.25, 0.3) is 10.4 Å². The van der Waals surface area contributed by atoms with Gasteiger partial charge in [0.2, 0.25) is 0 Å². The molecule has 1 aliphatic heterocycles. The first-order valence-electron chi connectivity index (χ1n) is 5.19. The third-order valence-corrected chi connectivity index (χ3v) is 2.67. The van der Waals surface area contributed by atoms with E-state index in [0.29, 0.717) is 0 Å². The summed E-state index contributed by atoms with van der Waals surface area (Å²) in [4.78, 5) is 2.73. The van der Waals surface area contributed by atoms with Crippen molar-refractivity contribution >= 4 is 0 Å². The van der Waals surface area contributed by atoms with E-state index in [0.717, 1.165) is 23.3 Å². The Balaban J connectivity index is 2.31. The largest absolute Gasteiger partial charge is 0.490 e. The van der Waals surface area contributed by atoms with Crippen LogP contribution in [-0.4, -0.2) is 17.8 Å². The number of aliphatic hydroxyl groups excluding tert-OH is 1. The van der Waals surface area contributed by atoms with Crippen molar-refractivity contribution in [3.05, 3.63) is 39.8 Å². The zero-order valence-electron chi connectivity index (χ0n) is 9.00. The van der Waals surface area contributed by atoms with Gasteiger partial charge in [0.05, 0.1) is 12.6 Å². The van der Waals surface area contributed by atoms with Crippen molar-refractivity contribution in [1.82, 2.24) is 0 Å². The lowest BCUT2D eigenvalue weighted by atomic mass is 10.0. The Labute approximate surface area is 93.3 Å². The van der Waals surface area contributed by atoms with E-state index in [1.807, 2.05) is 25.1 Å². The minimum atomic E-state index is -0.508. The molecule has 1 heterocycles. The SMILES string of the molecule is CC1Cc2cc(C(CO)N=[N+]=[N-])ccc2O1. The van der Waals surface area contributed by atoms with Crippen LogP contribution in [0.4, 0.5) is 0 Å². The minimum absolute atomic E-state index is 0.181. The molecule has 0 aliphatic carbocycles. The topological polar surface area (TPSA) is 78.2 Å². The summed E-state index contributed by atoms with van der Waals surface area (Å²) in [6.45, 7) is 1.83. The van der Waals surface area contributed by atoms with E-state index in [1.54, 1.807) is 0 Å². The highest BCUT2D eigenvalue weighted by Gasteiger charge is 2.20. The molecule has 0 aromatic heterocycles. The molecule has 5 nitrogen and oxygen atoms in total. The third-order valence-electron chi connectivity index (χ3n) is 2.67. The first-order valence-corrected chi connectivity index (χ1v) is 5.19. The summed E-state index contributed by atoms with van der Waals surface area (Å²) in [5.41, 5.74) is 10.3. The summed E-state index contributed by atoms with van der Waals surface area (Å²) in [5.74, 6) is 0.883. The fourth-order valence-corrected chi connectivity index (χ4v) is 1.92. The quantitative estimate of drug-likeness (QED) is 0.481. The number of hydrogen-bond donors (Lipinski definition) is 1. The van der Waals surface area contributed by atoms with Gasteiger partial charge in [0.1, 0.15) is 11.9 Å². The zero-order valence-corrected chi connectivity index (χ0v) is 9.00. The molecular formula is C11H13N3O2. The summed E-state index contributed by atoms with van der Waals surface area (Å²) >= 11 is 0. The second-order valence-corrected chi connectivity index (χ2v) is 3.90. The molecule has 1 N–H and O–H groups in total. The molecule has 84 valence electrons. The van der Waals surface area contributed by atoms with Crippen molar-refractivity contribution in [3.63, 3.8) is 0 Å². The lowest BCUT2D eigenvalue weighted by Crippen LogP contribution is -2.05. The van der Waals surface area contributed by atoms with Gasteiger partial charge in [-0.3, -0.25) is 0 Å². The van der Waals surface area contributed by atoms with Crippen LogP contribution in [-0.2, 0) is 6.42 Å². The second-order valence-electron chi connectivity index (χ2n) is 3.90. The van der Waals surface area contributed by atoms with Crippen molar-refractivity contribution in [3.8, 4) is 5.75 Å². The van der Waals surface area contributed by atoms with E-state index >= 15 is 0 Å². The highest BCUT2D eigenvalue weighted by molar-refractivity contribution is 5.41. The van der Waals surface area contributed by atoms with E-state index in [-0.39, 0.29) is 12.7 Å². The van der Waals surface area contributed by atoms with Gasteiger partial charge in [0.25, 0.3) is 0 Å². The molecule has 0 bridgehead atoms. The number of rotatable bonds is 3. The number of azide groups is 1. The molecular weight excluding hydrogens is 206 g/mol. The van der Waals surface area contributed by atoms with Crippen molar-refractivity contribution in [1.29, 1.82) is 0 Å². The first-order chi connectivity index (χ1) is 7.74. The number of aliphatic hydroxyl groups is 1. The van der Waals surface area contributed by atoms with Gasteiger partial charge in [-0.05, 0) is 29.6 Å². The van der Waals surface area contributed by atoms with Crippen LogP contribution in [0.15, 0.2) is 23.3 Å². The minimum Gasteiger partial charge on any atom is -0.490 e. The van der Waals surface area contributed by atoms with E-state index in [9.17, 15) is 0 Å². The molecule has 0 fully saturated rings. The fourth-order valence-electron chi connectivity index (χ4n) is 1.92. The number of hydrogen-bond acceptors (Lipinski definition) is 3. The summed E-state index contributed by atoms with van der Waals surface area (Å²) in [6.07, 6.45) is 1.05. The Morgan fingerprint density at radius 3 is 3.19 bits per heavy atom. The smallest absolute Gasteiger partial charge is 0.123 e. The van der Waals surface area contributed by atoms with Crippen molar-refractivity contribution in [2.45, 2.75) is 25.5 Å². The molecule has 0 spiro atoms. The highest BCUT2D eigenvalue weighted by Crippen LogP contribution is 2.31. The van der Waals surface area contributed by atoms with Crippen LogP contribution in [0.1, 0.15) is 24.1 Å². The predicted octanol–water partition coefficient (Wildman–Crippen LogP) is 2.35. The summed E-state index contributed by atoms with van der Waals surface area (Å²) in [5, 5.41) is 12.7. The maximum Gasteiger partial charge on any atom is 0.123 e. The van der Waals surface area contributed by atoms with Gasteiger partial charge in [-0.25, -0.2) is 0 Å². The Hall–Kier alpha value is -1.71. The van der Waals surface area contributed by atoms with E-state index in [4.69, 9.17) is 15.4 Å². The average molecular weight is 219 g/mol. The molecule has 0 amide bonds. The maximum atomic E-state index is 9.11. The van der Waals surface area contributed by atoms with E-state index < -0.39 is 6.04 Å². The van der Waals surface area contributed by atoms with Gasteiger partial charge < -0.3 is 9.84 Å². The lowest BCUT2D eigenvalue weighted by Gasteiger charge is -2.09. The second kappa shape index (κ2) is 4.43. The molecule has 16 heavy (non-hydrogen) atoms. The predicted molar refractivity (Wildman–Crippen MR) is 59.2 cm³/mol. The van der Waals surface area contributed by atoms with Crippen LogP contribution in [0.5, 0.6) is 5.75 Å². The summed E-state index contributed by atoms with van der Waals surface area (Å²) in [7, 11) is 0. The summed E-state index contributed by atoms with van der Waals surface area (Å²) < 4.78 is 5.57. The van der Waals surface area contributed by atoms with Crippen LogP contribution in [0.2, 0.25) is 0 Å². The lowest BCUT2D eigenvalue weighted by molar-refractivity contribution is 0.254. The van der Waals surface area contributed by atoms with Crippen molar-refractivity contribution in [2.24, 2.45) is 5.11 Å². The number of benzene rings is 1. The van der Waals surface area contributed by atoms with Gasteiger partial charge in [-0.15, -0.1) is 0 Å². The molecule has 2 rings (SSSR count). The Morgan fingerprint density at radius 2 is 2.50 bits per heavy atom. The Morgan fingerprint density at radius 1 is 1.69 bits per heavy atom. The molecule has 5 heteroatoms. The molecule has 0 saturated carbocycles. The first kappa shape index (κ1) is 10.8. The van der Waals surface area contributed by atoms with Gasteiger partial charge in [0, 0.05) is 11.3 Å². The molecule has 1 aromatic carbocycles. The Bertz CT molecular complexity index is 441. The average Bonchev–Trinajstić information content (AvgIpc) is 2.64. The van der Waals surface area contributed by atoms with Crippen molar-refractivity contribution < 1.29 is 9.84 Å². The molecule has 1 aromatic rings. The van der Waals surface area contributed by atoms with Gasteiger partial charge >= 0.3 is 0 Å². The van der Waals surface area contributed by atoms with Crippen molar-refractivity contribution in [2.75, 3.05) is 6.61 Å². The third kappa shape index (κ3) is 1.96. The van der Waals surface area contributed by atoms with Crippen LogP contribution in [0.3, 0.4) is 0 Å². The van der Waals surface area contributed by atoms with Gasteiger partial charge in [0.15, 0.2) is 0 Å². The molecule has 0 radical (unpaired) electrons. The molecule has 2 atom stereocenters. The fraction of sp³-hybridized carbons (Fsp3) is 0.455. The highest BCUT2D eigenvalue weighted by atomic mass is 16.5. The zero-order chi connectivity index (χ0) is 11.5. The van der Waals surface area contributed by atoms with Gasteiger partial charge in [-0.1, -0.05) is 17.2 Å². The van der Waals surface area contributed by atoms with E-state index in [2.05, 4.69) is 10.0 Å². The summed E-state index contributed by atoms with van der Waals surface area (Å²) in [6, 6.07) is 5.12. The standard InChI is InChI=1S/C11H13N3O2/c1-7-4-9-5-8(2-3-11(9)16-7)10(6-15)13-14-12/h2-3,5,7,10,15H,4,6H2,1H3. The van der Waals surface area contributed by atoms with E-state index in [1.165, 1.54) is 0 Å². The van der Waals surface area contributed by atoms with Crippen LogP contribution in [0, 0.1) is 0 Å². The van der Waals surface area contributed by atoms with Crippen LogP contribution >= 0.6 is 0 Å². The number of ether oxygens (including phenoxy) is 1. The maximum absolute atomic E-state index is 9.11. The number of nitrogens with zero attached hydrogens (tertiary/aromatic N) is 3. The van der Waals surface area contributed by atoms with Crippen LogP contribution < -0.4 is 4.74 Å². The molecule has 2 unspecified atom stereocenters. The van der Waals surface area contributed by atoms with Gasteiger partial charge in [-0.2, -0.15) is 0 Å². The Kier molecular flexibility index (Phi) is 2.99. The number of fused-ring (bicyclic) bond motifs is 1. The molecule has 1 aliphatic rings. The normalized spacial score (nSPS) is 19.5.